The second-order valence-corrected chi connectivity index (χ2v) is 9.09. The molecule has 5 atom stereocenters. The molecule has 1 saturated heterocycles. The van der Waals surface area contributed by atoms with Crippen molar-refractivity contribution in [3.8, 4) is 11.5 Å². The van der Waals surface area contributed by atoms with E-state index in [0.717, 1.165) is 21.3 Å². The van der Waals surface area contributed by atoms with E-state index in [1.54, 1.807) is 14.2 Å². The van der Waals surface area contributed by atoms with Crippen LogP contribution < -0.4 is 9.47 Å². The van der Waals surface area contributed by atoms with Crippen LogP contribution in [0.1, 0.15) is 11.1 Å². The molecule has 0 spiro atoms. The van der Waals surface area contributed by atoms with Crippen LogP contribution in [0.5, 0.6) is 11.5 Å². The van der Waals surface area contributed by atoms with Gasteiger partial charge in [-0.2, -0.15) is 0 Å². The Morgan fingerprint density at radius 1 is 0.686 bits per heavy atom. The molecule has 4 rings (SSSR count). The lowest BCUT2D eigenvalue weighted by Crippen LogP contribution is -2.62. The third-order valence-electron chi connectivity index (χ3n) is 5.88. The summed E-state index contributed by atoms with van der Waals surface area (Å²) >= 11 is 2.32. The van der Waals surface area contributed by atoms with Crippen LogP contribution in [0, 0.1) is 0 Å². The van der Waals surface area contributed by atoms with Crippen molar-refractivity contribution in [2.45, 2.75) is 43.9 Å². The normalized spacial score (nSPS) is 24.1. The topological polar surface area (TPSA) is 55.4 Å². The molecule has 0 amide bonds. The van der Waals surface area contributed by atoms with E-state index in [2.05, 4.69) is 22.6 Å². The summed E-state index contributed by atoms with van der Waals surface area (Å²) in [6, 6.07) is 27.6. The minimum atomic E-state index is -0.616. The van der Waals surface area contributed by atoms with Crippen LogP contribution in [0.2, 0.25) is 0 Å². The molecule has 1 fully saturated rings. The lowest BCUT2D eigenvalue weighted by Gasteiger charge is -2.45. The standard InChI is InChI=1S/C28H31IO6/c1-30-22-13-15-23(16-14-22)34-27-26(33-19-21-11-7-4-8-12-21)25(24(17-29)35-28(27)31-2)32-18-20-9-5-3-6-10-20/h3-16,24-28H,17-19H2,1-2H3/t24-,25-,26+,27-,28+/m1/s1. The monoisotopic (exact) mass is 590 g/mol. The van der Waals surface area contributed by atoms with Crippen molar-refractivity contribution in [1.29, 1.82) is 0 Å². The molecule has 0 unspecified atom stereocenters. The van der Waals surface area contributed by atoms with Crippen LogP contribution in [0.25, 0.3) is 0 Å². The summed E-state index contributed by atoms with van der Waals surface area (Å²) in [4.78, 5) is 0. The van der Waals surface area contributed by atoms with Crippen LogP contribution in [0.4, 0.5) is 0 Å². The van der Waals surface area contributed by atoms with Crippen molar-refractivity contribution in [1.82, 2.24) is 0 Å². The summed E-state index contributed by atoms with van der Waals surface area (Å²) < 4.78 is 37.5. The molecule has 186 valence electrons. The van der Waals surface area contributed by atoms with Gasteiger partial charge in [-0.05, 0) is 35.4 Å². The Hall–Kier alpha value is -2.17. The molecular formula is C28H31IO6. The summed E-state index contributed by atoms with van der Waals surface area (Å²) in [7, 11) is 3.26. The number of ether oxygens (including phenoxy) is 6. The Morgan fingerprint density at radius 2 is 1.23 bits per heavy atom. The van der Waals surface area contributed by atoms with E-state index >= 15 is 0 Å². The van der Waals surface area contributed by atoms with Gasteiger partial charge in [-0.25, -0.2) is 0 Å². The Kier molecular flexibility index (Phi) is 9.79. The van der Waals surface area contributed by atoms with E-state index in [1.165, 1.54) is 0 Å². The van der Waals surface area contributed by atoms with Gasteiger partial charge < -0.3 is 28.4 Å². The maximum absolute atomic E-state index is 6.53. The van der Waals surface area contributed by atoms with Crippen molar-refractivity contribution >= 4 is 22.6 Å². The predicted molar refractivity (Wildman–Crippen MR) is 142 cm³/mol. The number of hydrogen-bond acceptors (Lipinski definition) is 6. The second-order valence-electron chi connectivity index (χ2n) is 8.21. The quantitative estimate of drug-likeness (QED) is 0.220. The molecule has 3 aromatic carbocycles. The first-order valence-electron chi connectivity index (χ1n) is 11.6. The summed E-state index contributed by atoms with van der Waals surface area (Å²) in [6.45, 7) is 0.865. The van der Waals surface area contributed by atoms with Crippen molar-refractivity contribution in [2.24, 2.45) is 0 Å². The highest BCUT2D eigenvalue weighted by Crippen LogP contribution is 2.32. The minimum Gasteiger partial charge on any atom is -0.497 e. The van der Waals surface area contributed by atoms with Gasteiger partial charge in [0.15, 0.2) is 12.4 Å². The highest BCUT2D eigenvalue weighted by Gasteiger charge is 2.49. The van der Waals surface area contributed by atoms with E-state index in [0.29, 0.717) is 19.0 Å². The first kappa shape index (κ1) is 25.9. The number of methoxy groups -OCH3 is 2. The zero-order chi connectivity index (χ0) is 24.5. The third-order valence-corrected chi connectivity index (χ3v) is 6.75. The highest BCUT2D eigenvalue weighted by atomic mass is 127. The van der Waals surface area contributed by atoms with E-state index in [-0.39, 0.29) is 12.2 Å². The van der Waals surface area contributed by atoms with E-state index < -0.39 is 18.5 Å². The van der Waals surface area contributed by atoms with Crippen LogP contribution in [0.15, 0.2) is 84.9 Å². The average Bonchev–Trinajstić information content (AvgIpc) is 2.92. The lowest BCUT2D eigenvalue weighted by atomic mass is 9.98. The van der Waals surface area contributed by atoms with Crippen LogP contribution in [-0.4, -0.2) is 49.4 Å². The molecule has 0 radical (unpaired) electrons. The van der Waals surface area contributed by atoms with Gasteiger partial charge >= 0.3 is 0 Å². The van der Waals surface area contributed by atoms with E-state index in [1.807, 2.05) is 84.9 Å². The fraction of sp³-hybridized carbons (Fsp3) is 0.357. The SMILES string of the molecule is COc1ccc(O[C@H]2[C@@H](OC)O[C@H](CI)[C@@H](OCc3ccccc3)[C@@H]2OCc2ccccc2)cc1. The molecule has 0 bridgehead atoms. The highest BCUT2D eigenvalue weighted by molar-refractivity contribution is 14.1. The van der Waals surface area contributed by atoms with E-state index in [4.69, 9.17) is 28.4 Å². The smallest absolute Gasteiger partial charge is 0.197 e. The van der Waals surface area contributed by atoms with Gasteiger partial charge in [0.2, 0.25) is 0 Å². The fourth-order valence-corrected chi connectivity index (χ4v) is 4.76. The van der Waals surface area contributed by atoms with Gasteiger partial charge in [0.05, 0.1) is 26.4 Å². The Balaban J connectivity index is 1.60. The lowest BCUT2D eigenvalue weighted by molar-refractivity contribution is -0.296. The molecule has 6 nitrogen and oxygen atoms in total. The van der Waals surface area contributed by atoms with Crippen LogP contribution >= 0.6 is 22.6 Å². The molecule has 1 heterocycles. The number of alkyl halides is 1. The minimum absolute atomic E-state index is 0.222. The van der Waals surface area contributed by atoms with Gasteiger partial charge in [-0.15, -0.1) is 0 Å². The first-order chi connectivity index (χ1) is 17.2. The van der Waals surface area contributed by atoms with Gasteiger partial charge in [-0.3, -0.25) is 0 Å². The summed E-state index contributed by atoms with van der Waals surface area (Å²) in [5.41, 5.74) is 2.16. The Morgan fingerprint density at radius 3 is 1.74 bits per heavy atom. The molecule has 0 aromatic heterocycles. The zero-order valence-corrected chi connectivity index (χ0v) is 22.1. The zero-order valence-electron chi connectivity index (χ0n) is 19.9. The molecule has 3 aromatic rings. The summed E-state index contributed by atoms with van der Waals surface area (Å²) in [6.07, 6.45) is -2.17. The number of rotatable bonds is 11. The number of benzene rings is 3. The van der Waals surface area contributed by atoms with Crippen molar-refractivity contribution in [2.75, 3.05) is 18.6 Å². The molecule has 0 aliphatic carbocycles. The largest absolute Gasteiger partial charge is 0.497 e. The number of hydrogen-bond donors (Lipinski definition) is 0. The predicted octanol–water partition coefficient (Wildman–Crippen LogP) is 5.42. The molecule has 1 aliphatic rings. The number of halogens is 1. The summed E-state index contributed by atoms with van der Waals surface area (Å²) in [5.74, 6) is 1.43. The van der Waals surface area contributed by atoms with Crippen molar-refractivity contribution in [3.05, 3.63) is 96.1 Å². The molecular weight excluding hydrogens is 559 g/mol. The van der Waals surface area contributed by atoms with Gasteiger partial charge in [-0.1, -0.05) is 83.3 Å². The molecule has 0 N–H and O–H groups in total. The van der Waals surface area contributed by atoms with Gasteiger partial charge in [0.25, 0.3) is 0 Å². The Labute approximate surface area is 220 Å². The van der Waals surface area contributed by atoms with Gasteiger partial charge in [0.1, 0.15) is 23.7 Å². The molecule has 35 heavy (non-hydrogen) atoms. The average molecular weight is 590 g/mol. The van der Waals surface area contributed by atoms with E-state index in [9.17, 15) is 0 Å². The van der Waals surface area contributed by atoms with Crippen molar-refractivity contribution < 1.29 is 28.4 Å². The van der Waals surface area contributed by atoms with Crippen molar-refractivity contribution in [3.63, 3.8) is 0 Å². The Bertz CT molecular complexity index is 1000. The van der Waals surface area contributed by atoms with Crippen LogP contribution in [-0.2, 0) is 32.2 Å². The molecule has 0 saturated carbocycles. The summed E-state index contributed by atoms with van der Waals surface area (Å²) in [5, 5.41) is 0. The second kappa shape index (κ2) is 13.2. The van der Waals surface area contributed by atoms with Crippen LogP contribution in [0.3, 0.4) is 0 Å². The van der Waals surface area contributed by atoms with Gasteiger partial charge in [0, 0.05) is 11.5 Å². The maximum atomic E-state index is 6.53. The maximum Gasteiger partial charge on any atom is 0.197 e. The molecule has 7 heteroatoms. The molecule has 1 aliphatic heterocycles. The first-order valence-corrected chi connectivity index (χ1v) is 13.1. The fourth-order valence-electron chi connectivity index (χ4n) is 4.05. The third kappa shape index (κ3) is 6.95.